The zero-order valence-electron chi connectivity index (χ0n) is 13.5. The molecule has 0 aliphatic carbocycles. The number of alkyl halides is 3. The van der Waals surface area contributed by atoms with Gasteiger partial charge < -0.3 is 19.6 Å². The van der Waals surface area contributed by atoms with Gasteiger partial charge in [-0.3, -0.25) is 0 Å². The predicted molar refractivity (Wildman–Crippen MR) is 100 cm³/mol. The van der Waals surface area contributed by atoms with Crippen LogP contribution in [0.1, 0.15) is 11.1 Å². The van der Waals surface area contributed by atoms with Gasteiger partial charge >= 0.3 is 0 Å². The van der Waals surface area contributed by atoms with E-state index in [1.807, 2.05) is 48.5 Å². The molecule has 0 radical (unpaired) electrons. The van der Waals surface area contributed by atoms with Gasteiger partial charge in [0.2, 0.25) is 3.79 Å². The lowest BCUT2D eigenvalue weighted by molar-refractivity contribution is -0.217. The third kappa shape index (κ3) is 6.31. The molecule has 0 bridgehead atoms. The summed E-state index contributed by atoms with van der Waals surface area (Å²) < 4.78 is 9.16. The summed E-state index contributed by atoms with van der Waals surface area (Å²) >= 11 is 16.4. The van der Waals surface area contributed by atoms with Crippen molar-refractivity contribution in [3.8, 4) is 11.5 Å². The second kappa shape index (κ2) is 9.18. The molecule has 25 heavy (non-hydrogen) atoms. The third-order valence-corrected chi connectivity index (χ3v) is 3.85. The van der Waals surface area contributed by atoms with E-state index in [-0.39, 0.29) is 6.54 Å². The molecule has 0 aliphatic rings. The van der Waals surface area contributed by atoms with Gasteiger partial charge in [0, 0.05) is 12.4 Å². The lowest BCUT2D eigenvalue weighted by Crippen LogP contribution is -2.32. The molecule has 0 fully saturated rings. The van der Waals surface area contributed by atoms with E-state index in [2.05, 4.69) is 4.99 Å². The highest BCUT2D eigenvalue weighted by molar-refractivity contribution is 6.75. The number of rotatable bonds is 7. The largest absolute Gasteiger partial charge is 0.859 e. The molecule has 2 aromatic carbocycles. The Morgan fingerprint density at radius 3 is 2.40 bits per heavy atom. The topological polar surface area (TPSA) is 53.9 Å². The highest BCUT2D eigenvalue weighted by Gasteiger charge is 2.19. The van der Waals surface area contributed by atoms with Crippen LogP contribution in [-0.2, 0) is 13.0 Å². The number of hydrogen-bond acceptors (Lipinski definition) is 4. The molecule has 0 spiro atoms. The van der Waals surface area contributed by atoms with E-state index in [1.165, 1.54) is 0 Å². The Hall–Kier alpha value is -1.62. The van der Waals surface area contributed by atoms with Crippen molar-refractivity contribution in [3.63, 3.8) is 0 Å². The van der Waals surface area contributed by atoms with Gasteiger partial charge in [-0.25, -0.2) is 0 Å². The number of nitrogens with zero attached hydrogens (tertiary/aromatic N) is 1. The Morgan fingerprint density at radius 1 is 1.04 bits per heavy atom. The Bertz CT molecular complexity index is 715. The van der Waals surface area contributed by atoms with Gasteiger partial charge in [0.15, 0.2) is 11.5 Å². The van der Waals surface area contributed by atoms with Crippen LogP contribution >= 0.6 is 34.8 Å². The van der Waals surface area contributed by atoms with Crippen molar-refractivity contribution in [2.45, 2.75) is 16.8 Å². The summed E-state index contributed by atoms with van der Waals surface area (Å²) in [4.78, 5) is 3.75. The van der Waals surface area contributed by atoms with Crippen molar-refractivity contribution in [1.82, 2.24) is 0 Å². The number of halogens is 3. The van der Waals surface area contributed by atoms with Gasteiger partial charge in [0.1, 0.15) is 6.61 Å². The normalized spacial score (nSPS) is 12.1. The highest BCUT2D eigenvalue weighted by atomic mass is 35.6. The highest BCUT2D eigenvalue weighted by Crippen LogP contribution is 2.29. The number of benzene rings is 2. The maximum atomic E-state index is 11.5. The summed E-state index contributed by atoms with van der Waals surface area (Å²) in [7, 11) is 1.58. The SMILES string of the molecule is COc1ccc(CCN=C([O-])C(Cl)(Cl)Cl)cc1OCc1ccccc1. The Kier molecular flexibility index (Phi) is 7.24. The van der Waals surface area contributed by atoms with Crippen LogP contribution in [0.25, 0.3) is 0 Å². The average molecular weight is 402 g/mol. The van der Waals surface area contributed by atoms with E-state index in [4.69, 9.17) is 44.3 Å². The molecule has 0 saturated carbocycles. The van der Waals surface area contributed by atoms with Gasteiger partial charge in [-0.05, 0) is 29.7 Å². The molecule has 0 heterocycles. The van der Waals surface area contributed by atoms with Crippen LogP contribution in [0.4, 0.5) is 0 Å². The van der Waals surface area contributed by atoms with Crippen LogP contribution in [0.5, 0.6) is 11.5 Å². The van der Waals surface area contributed by atoms with E-state index < -0.39 is 9.69 Å². The predicted octanol–water partition coefficient (Wildman–Crippen LogP) is 3.95. The molecular weight excluding hydrogens is 385 g/mol. The lowest BCUT2D eigenvalue weighted by atomic mass is 10.1. The fraction of sp³-hybridized carbons (Fsp3) is 0.278. The van der Waals surface area contributed by atoms with Crippen molar-refractivity contribution in [3.05, 3.63) is 59.7 Å². The maximum absolute atomic E-state index is 11.5. The minimum atomic E-state index is -2.01. The average Bonchev–Trinajstić information content (AvgIpc) is 2.60. The van der Waals surface area contributed by atoms with E-state index in [0.29, 0.717) is 24.5 Å². The molecule has 7 heteroatoms. The molecule has 2 aromatic rings. The second-order valence-electron chi connectivity index (χ2n) is 5.19. The zero-order chi connectivity index (χ0) is 18.3. The lowest BCUT2D eigenvalue weighted by Gasteiger charge is -2.18. The summed E-state index contributed by atoms with van der Waals surface area (Å²) in [5.74, 6) is 0.483. The standard InChI is InChI=1S/C18H18Cl3NO3/c1-24-15-8-7-13(9-10-22-17(23)18(19,20)21)11-16(15)25-12-14-5-3-2-4-6-14/h2-8,11H,9-10,12H2,1H3,(H,22,23)/p-1. The Labute approximate surface area is 162 Å². The summed E-state index contributed by atoms with van der Waals surface area (Å²) in [6.45, 7) is 0.647. The molecule has 0 unspecified atom stereocenters. The number of methoxy groups -OCH3 is 1. The summed E-state index contributed by atoms with van der Waals surface area (Å²) in [5.41, 5.74) is 1.99. The molecule has 0 atom stereocenters. The first-order valence-electron chi connectivity index (χ1n) is 7.52. The van der Waals surface area contributed by atoms with Crippen LogP contribution < -0.4 is 14.6 Å². The summed E-state index contributed by atoms with van der Waals surface area (Å²) in [5, 5.41) is 11.5. The van der Waals surface area contributed by atoms with E-state index in [0.717, 1.165) is 11.1 Å². The fourth-order valence-electron chi connectivity index (χ4n) is 2.10. The summed E-state index contributed by atoms with van der Waals surface area (Å²) in [6, 6.07) is 15.4. The third-order valence-electron chi connectivity index (χ3n) is 3.36. The van der Waals surface area contributed by atoms with Crippen LogP contribution in [0.3, 0.4) is 0 Å². The number of ether oxygens (including phenoxy) is 2. The van der Waals surface area contributed by atoms with Gasteiger partial charge in [-0.1, -0.05) is 71.2 Å². The molecule has 4 nitrogen and oxygen atoms in total. The molecule has 0 aliphatic heterocycles. The number of aliphatic imine (C=N–C) groups is 1. The van der Waals surface area contributed by atoms with Crippen molar-refractivity contribution in [2.75, 3.05) is 13.7 Å². The van der Waals surface area contributed by atoms with Gasteiger partial charge in [-0.2, -0.15) is 0 Å². The van der Waals surface area contributed by atoms with Crippen molar-refractivity contribution >= 4 is 40.7 Å². The first kappa shape index (κ1) is 19.7. The van der Waals surface area contributed by atoms with E-state index >= 15 is 0 Å². The molecule has 134 valence electrons. The van der Waals surface area contributed by atoms with E-state index in [1.54, 1.807) is 7.11 Å². The molecule has 0 aromatic heterocycles. The Balaban J connectivity index is 2.03. The quantitative estimate of drug-likeness (QED) is 0.401. The summed E-state index contributed by atoms with van der Waals surface area (Å²) in [6.07, 6.45) is 0.512. The molecule has 2 rings (SSSR count). The van der Waals surface area contributed by atoms with Crippen molar-refractivity contribution in [1.29, 1.82) is 0 Å². The van der Waals surface area contributed by atoms with Crippen molar-refractivity contribution < 1.29 is 14.6 Å². The van der Waals surface area contributed by atoms with Gasteiger partial charge in [0.05, 0.1) is 7.11 Å². The van der Waals surface area contributed by atoms with E-state index in [9.17, 15) is 5.11 Å². The molecule has 0 saturated heterocycles. The van der Waals surface area contributed by atoms with Gasteiger partial charge in [-0.15, -0.1) is 0 Å². The van der Waals surface area contributed by atoms with Crippen molar-refractivity contribution in [2.24, 2.45) is 4.99 Å². The second-order valence-corrected chi connectivity index (χ2v) is 7.48. The van der Waals surface area contributed by atoms with Crippen LogP contribution in [0, 0.1) is 0 Å². The zero-order valence-corrected chi connectivity index (χ0v) is 15.8. The van der Waals surface area contributed by atoms with Crippen LogP contribution in [-0.4, -0.2) is 23.3 Å². The molecule has 0 N–H and O–H groups in total. The minimum absolute atomic E-state index is 0.219. The monoisotopic (exact) mass is 400 g/mol. The maximum Gasteiger partial charge on any atom is 0.218 e. The van der Waals surface area contributed by atoms with Gasteiger partial charge in [0.25, 0.3) is 0 Å². The fourth-order valence-corrected chi connectivity index (χ4v) is 2.28. The smallest absolute Gasteiger partial charge is 0.218 e. The molecule has 0 amide bonds. The minimum Gasteiger partial charge on any atom is -0.859 e. The first-order valence-corrected chi connectivity index (χ1v) is 8.66. The first-order chi connectivity index (χ1) is 11.9. The number of hydrogen-bond donors (Lipinski definition) is 0. The van der Waals surface area contributed by atoms with Crippen LogP contribution in [0.2, 0.25) is 0 Å². The van der Waals surface area contributed by atoms with Crippen LogP contribution in [0.15, 0.2) is 53.5 Å². The molecular formula is C18H17Cl3NO3-. The Morgan fingerprint density at radius 2 is 1.76 bits per heavy atom.